The van der Waals surface area contributed by atoms with E-state index in [1.807, 2.05) is 44.2 Å². The Kier molecular flexibility index (Phi) is 11.1. The van der Waals surface area contributed by atoms with Crippen LogP contribution >= 0.6 is 15.9 Å². The summed E-state index contributed by atoms with van der Waals surface area (Å²) < 4.78 is 12.4. The van der Waals surface area contributed by atoms with Crippen molar-refractivity contribution in [3.8, 4) is 0 Å². The number of benzene rings is 1. The summed E-state index contributed by atoms with van der Waals surface area (Å²) in [5.41, 5.74) is -0.380. The molecule has 8 atom stereocenters. The number of nitrogens with zero attached hydrogens (tertiary/aromatic N) is 2. The lowest BCUT2D eigenvalue weighted by Crippen LogP contribution is -2.59. The molecule has 0 aliphatic carbocycles. The number of allylic oxidation sites excluding steroid dienone is 1. The Morgan fingerprint density at radius 1 is 1.23 bits per heavy atom. The van der Waals surface area contributed by atoms with Gasteiger partial charge in [0.2, 0.25) is 17.7 Å². The van der Waals surface area contributed by atoms with Gasteiger partial charge >= 0.3 is 5.97 Å². The van der Waals surface area contributed by atoms with Crippen molar-refractivity contribution in [2.45, 2.75) is 81.3 Å². The highest BCUT2D eigenvalue weighted by molar-refractivity contribution is 9.09. The number of halogens is 1. The maximum absolute atomic E-state index is 14.6. The number of nitrogens with one attached hydrogen (secondary N) is 1. The first-order chi connectivity index (χ1) is 21.0. The first-order valence-corrected chi connectivity index (χ1v) is 16.2. The third kappa shape index (κ3) is 6.50. The molecule has 1 aromatic rings. The number of rotatable bonds is 15. The Morgan fingerprint density at radius 2 is 1.93 bits per heavy atom. The lowest BCUT2D eigenvalue weighted by molar-refractivity contribution is -0.160. The Hall–Kier alpha value is -3.02. The smallest absolute Gasteiger partial charge is 0.312 e. The fourth-order valence-electron chi connectivity index (χ4n) is 6.86. The van der Waals surface area contributed by atoms with Gasteiger partial charge in [-0.25, -0.2) is 0 Å². The van der Waals surface area contributed by atoms with Crippen molar-refractivity contribution in [1.29, 1.82) is 0 Å². The standard InChI is InChI=1S/C33H44BrN3O7/c1-6-8-14-25(39)35-17-21(5)43-32(42)26-27-30(40)37(24(19-38)20(3)4)29(33(27)16-23(34)28(26)44-33)31(41)36(15-7-2)18-22-12-10-9-11-13-22/h6-7,9-13,20-21,23-24,26-29,38H,1-2,8,14-19H2,3-5H3,(H,35,39)/t21-,23?,24+,26+,27-,28+,29+,33-/m1/s1. The van der Waals surface area contributed by atoms with Gasteiger partial charge in [-0.05, 0) is 31.2 Å². The highest BCUT2D eigenvalue weighted by Gasteiger charge is 2.77. The molecule has 3 aliphatic rings. The first kappa shape index (κ1) is 33.9. The second-order valence-electron chi connectivity index (χ2n) is 12.3. The highest BCUT2D eigenvalue weighted by Crippen LogP contribution is 2.61. The fourth-order valence-corrected chi connectivity index (χ4v) is 7.80. The minimum absolute atomic E-state index is 0.116. The number of esters is 1. The van der Waals surface area contributed by atoms with Gasteiger partial charge in [-0.15, -0.1) is 13.2 Å². The van der Waals surface area contributed by atoms with Crippen LogP contribution in [0.5, 0.6) is 0 Å². The van der Waals surface area contributed by atoms with Crippen LogP contribution in [-0.4, -0.2) is 93.0 Å². The molecule has 44 heavy (non-hydrogen) atoms. The van der Waals surface area contributed by atoms with Crippen LogP contribution in [0, 0.1) is 17.8 Å². The van der Waals surface area contributed by atoms with Crippen molar-refractivity contribution < 1.29 is 33.8 Å². The SMILES string of the molecule is C=CCCC(=O)NC[C@@H](C)OC(=O)[C@@H]1[C@H]2O[C@@]3(CC2Br)[C@H](C(=O)N(CC=C)Cc2ccccc2)N([C@@H](CO)C(C)C)C(=O)[C@@H]13. The Labute approximate surface area is 267 Å². The van der Waals surface area contributed by atoms with Crippen LogP contribution in [0.4, 0.5) is 0 Å². The predicted octanol–water partition coefficient (Wildman–Crippen LogP) is 2.98. The van der Waals surface area contributed by atoms with Gasteiger partial charge in [0, 0.05) is 24.3 Å². The molecule has 4 rings (SSSR count). The van der Waals surface area contributed by atoms with Gasteiger partial charge < -0.3 is 29.7 Å². The lowest BCUT2D eigenvalue weighted by atomic mass is 9.70. The largest absolute Gasteiger partial charge is 0.460 e. The van der Waals surface area contributed by atoms with E-state index < -0.39 is 53.6 Å². The number of fused-ring (bicyclic) bond motifs is 1. The maximum Gasteiger partial charge on any atom is 0.312 e. The van der Waals surface area contributed by atoms with E-state index in [4.69, 9.17) is 9.47 Å². The molecular weight excluding hydrogens is 630 g/mol. The minimum atomic E-state index is -1.29. The van der Waals surface area contributed by atoms with E-state index in [0.717, 1.165) is 5.56 Å². The van der Waals surface area contributed by atoms with E-state index in [9.17, 15) is 24.3 Å². The normalized spacial score (nSPS) is 28.4. The first-order valence-electron chi connectivity index (χ1n) is 15.3. The molecule has 3 aliphatic heterocycles. The van der Waals surface area contributed by atoms with Crippen LogP contribution in [0.15, 0.2) is 55.6 Å². The molecule has 3 heterocycles. The quantitative estimate of drug-likeness (QED) is 0.167. The summed E-state index contributed by atoms with van der Waals surface area (Å²) in [7, 11) is 0. The van der Waals surface area contributed by atoms with Crippen LogP contribution in [0.25, 0.3) is 0 Å². The molecule has 0 radical (unpaired) electrons. The van der Waals surface area contributed by atoms with Crippen molar-refractivity contribution in [1.82, 2.24) is 15.1 Å². The molecule has 3 saturated heterocycles. The number of carbonyl (C=O) groups excluding carboxylic acids is 4. The molecule has 1 unspecified atom stereocenters. The molecule has 2 N–H and O–H groups in total. The molecule has 1 aromatic carbocycles. The number of aliphatic hydroxyl groups is 1. The Bertz CT molecular complexity index is 1240. The minimum Gasteiger partial charge on any atom is -0.460 e. The number of hydrogen-bond acceptors (Lipinski definition) is 7. The molecule has 1 spiro atoms. The van der Waals surface area contributed by atoms with E-state index >= 15 is 0 Å². The van der Waals surface area contributed by atoms with Gasteiger partial charge in [0.15, 0.2) is 0 Å². The average Bonchev–Trinajstić information content (AvgIpc) is 3.58. The topological polar surface area (TPSA) is 125 Å². The number of alkyl halides is 1. The molecule has 3 amide bonds. The van der Waals surface area contributed by atoms with Crippen molar-refractivity contribution >= 4 is 39.6 Å². The Morgan fingerprint density at radius 3 is 2.55 bits per heavy atom. The third-order valence-corrected chi connectivity index (χ3v) is 9.75. The number of hydrogen-bond donors (Lipinski definition) is 2. The van der Waals surface area contributed by atoms with Crippen molar-refractivity contribution in [3.63, 3.8) is 0 Å². The second-order valence-corrected chi connectivity index (χ2v) is 13.5. The summed E-state index contributed by atoms with van der Waals surface area (Å²) in [6.45, 7) is 13.2. The summed E-state index contributed by atoms with van der Waals surface area (Å²) in [5, 5.41) is 13.2. The van der Waals surface area contributed by atoms with Crippen molar-refractivity contribution in [2.24, 2.45) is 17.8 Å². The molecule has 11 heteroatoms. The van der Waals surface area contributed by atoms with Gasteiger partial charge in [0.25, 0.3) is 0 Å². The van der Waals surface area contributed by atoms with Gasteiger partial charge in [0.05, 0.1) is 37.1 Å². The van der Waals surface area contributed by atoms with Crippen LogP contribution in [-0.2, 0) is 35.2 Å². The van der Waals surface area contributed by atoms with Crippen LogP contribution in [0.2, 0.25) is 0 Å². The molecular formula is C33H44BrN3O7. The van der Waals surface area contributed by atoms with Crippen molar-refractivity contribution in [3.05, 3.63) is 61.2 Å². The van der Waals surface area contributed by atoms with Crippen molar-refractivity contribution in [2.75, 3.05) is 19.7 Å². The second kappa shape index (κ2) is 14.4. The molecule has 2 bridgehead atoms. The number of aliphatic hydroxyl groups excluding tert-OH is 1. The third-order valence-electron chi connectivity index (χ3n) is 8.90. The zero-order valence-corrected chi connectivity index (χ0v) is 27.3. The van der Waals surface area contributed by atoms with E-state index in [-0.39, 0.29) is 48.7 Å². The van der Waals surface area contributed by atoms with Crippen LogP contribution in [0.3, 0.4) is 0 Å². The van der Waals surface area contributed by atoms with Gasteiger partial charge in [-0.2, -0.15) is 0 Å². The van der Waals surface area contributed by atoms with Crippen LogP contribution in [0.1, 0.15) is 45.6 Å². The lowest BCUT2D eigenvalue weighted by Gasteiger charge is -2.40. The summed E-state index contributed by atoms with van der Waals surface area (Å²) in [4.78, 5) is 57.6. The van der Waals surface area contributed by atoms with E-state index in [1.54, 1.807) is 24.0 Å². The zero-order valence-electron chi connectivity index (χ0n) is 25.7. The molecule has 10 nitrogen and oxygen atoms in total. The zero-order chi connectivity index (χ0) is 32.2. The number of ether oxygens (including phenoxy) is 2. The summed E-state index contributed by atoms with van der Waals surface area (Å²) in [5.74, 6) is -3.62. The highest BCUT2D eigenvalue weighted by atomic mass is 79.9. The number of carbonyl (C=O) groups is 4. The van der Waals surface area contributed by atoms with E-state index in [1.165, 1.54) is 4.90 Å². The van der Waals surface area contributed by atoms with E-state index in [2.05, 4.69) is 34.4 Å². The predicted molar refractivity (Wildman–Crippen MR) is 168 cm³/mol. The molecule has 240 valence electrons. The molecule has 0 saturated carbocycles. The summed E-state index contributed by atoms with van der Waals surface area (Å²) in [6.07, 6.45) is 3.12. The van der Waals surface area contributed by atoms with E-state index in [0.29, 0.717) is 19.4 Å². The summed E-state index contributed by atoms with van der Waals surface area (Å²) in [6, 6.07) is 7.81. The number of amides is 3. The maximum atomic E-state index is 14.6. The van der Waals surface area contributed by atoms with Gasteiger partial charge in [0.1, 0.15) is 17.7 Å². The Balaban J connectivity index is 1.66. The summed E-state index contributed by atoms with van der Waals surface area (Å²) >= 11 is 3.68. The fraction of sp³-hybridized carbons (Fsp3) is 0.576. The monoisotopic (exact) mass is 673 g/mol. The average molecular weight is 675 g/mol. The van der Waals surface area contributed by atoms with Crippen LogP contribution < -0.4 is 5.32 Å². The molecule has 0 aromatic heterocycles. The van der Waals surface area contributed by atoms with Gasteiger partial charge in [-0.1, -0.05) is 72.3 Å². The van der Waals surface area contributed by atoms with Gasteiger partial charge in [-0.3, -0.25) is 19.2 Å². The molecule has 3 fully saturated rings. The number of likely N-dealkylation sites (tertiary alicyclic amines) is 1.